The number of halogens is 1. The zero-order chi connectivity index (χ0) is 10.7. The number of rotatable bonds is 2. The Hall–Kier alpha value is -1.97. The number of hydrogen-bond acceptors (Lipinski definition) is 3. The van der Waals surface area contributed by atoms with Crippen LogP contribution in [-0.2, 0) is 0 Å². The Labute approximate surface area is 86.6 Å². The number of pyridine rings is 2. The second-order valence-corrected chi connectivity index (χ2v) is 2.99. The molecule has 0 amide bonds. The normalized spacial score (nSPS) is 10.0. The first-order chi connectivity index (χ1) is 7.25. The molecule has 0 N–H and O–H groups in total. The highest BCUT2D eigenvalue weighted by Gasteiger charge is 2.02. The summed E-state index contributed by atoms with van der Waals surface area (Å²) in [4.78, 5) is 7.64. The van der Waals surface area contributed by atoms with Crippen LogP contribution in [0.2, 0.25) is 0 Å². The summed E-state index contributed by atoms with van der Waals surface area (Å²) >= 11 is 0. The van der Waals surface area contributed by atoms with Gasteiger partial charge in [0.05, 0.1) is 5.69 Å². The van der Waals surface area contributed by atoms with Crippen molar-refractivity contribution >= 4 is 0 Å². The van der Waals surface area contributed by atoms with Crippen molar-refractivity contribution in [3.63, 3.8) is 0 Å². The second-order valence-electron chi connectivity index (χ2n) is 2.99. The van der Waals surface area contributed by atoms with Crippen molar-refractivity contribution < 1.29 is 9.13 Å². The van der Waals surface area contributed by atoms with Gasteiger partial charge in [-0.3, -0.25) is 4.98 Å². The van der Waals surface area contributed by atoms with Crippen LogP contribution in [0, 0.1) is 12.9 Å². The molecule has 0 aliphatic heterocycles. The third kappa shape index (κ3) is 2.28. The SMILES string of the molecule is Cc1ncccc1Oc1cccc(F)n1. The van der Waals surface area contributed by atoms with Gasteiger partial charge in [0, 0.05) is 12.3 Å². The van der Waals surface area contributed by atoms with E-state index in [1.54, 1.807) is 30.5 Å². The van der Waals surface area contributed by atoms with Crippen molar-refractivity contribution in [3.05, 3.63) is 48.2 Å². The smallest absolute Gasteiger partial charge is 0.221 e. The van der Waals surface area contributed by atoms with Crippen LogP contribution >= 0.6 is 0 Å². The fraction of sp³-hybridized carbons (Fsp3) is 0.0909. The standard InChI is InChI=1S/C11H9FN2O/c1-8-9(4-3-7-13-8)15-11-6-2-5-10(12)14-11/h2-7H,1H3. The molecule has 4 heteroatoms. The van der Waals surface area contributed by atoms with Gasteiger partial charge in [-0.15, -0.1) is 0 Å². The highest BCUT2D eigenvalue weighted by molar-refractivity contribution is 5.29. The lowest BCUT2D eigenvalue weighted by Crippen LogP contribution is -1.92. The number of hydrogen-bond donors (Lipinski definition) is 0. The van der Waals surface area contributed by atoms with Gasteiger partial charge in [0.2, 0.25) is 11.8 Å². The van der Waals surface area contributed by atoms with Gasteiger partial charge in [-0.1, -0.05) is 6.07 Å². The van der Waals surface area contributed by atoms with E-state index in [9.17, 15) is 4.39 Å². The molecule has 2 heterocycles. The molecule has 2 aromatic rings. The van der Waals surface area contributed by atoms with Crippen LogP contribution in [0.4, 0.5) is 4.39 Å². The first-order valence-corrected chi connectivity index (χ1v) is 4.48. The van der Waals surface area contributed by atoms with Crippen molar-refractivity contribution in [2.24, 2.45) is 0 Å². The van der Waals surface area contributed by atoms with E-state index in [0.29, 0.717) is 5.75 Å². The van der Waals surface area contributed by atoms with Gasteiger partial charge in [-0.2, -0.15) is 9.37 Å². The maximum absolute atomic E-state index is 12.8. The van der Waals surface area contributed by atoms with Crippen molar-refractivity contribution in [3.8, 4) is 11.6 Å². The molecule has 0 fully saturated rings. The van der Waals surface area contributed by atoms with Crippen molar-refractivity contribution in [2.45, 2.75) is 6.92 Å². The Morgan fingerprint density at radius 3 is 2.80 bits per heavy atom. The monoisotopic (exact) mass is 204 g/mol. The van der Waals surface area contributed by atoms with Crippen LogP contribution < -0.4 is 4.74 Å². The molecular weight excluding hydrogens is 195 g/mol. The van der Waals surface area contributed by atoms with E-state index in [1.807, 2.05) is 6.92 Å². The Morgan fingerprint density at radius 2 is 2.07 bits per heavy atom. The van der Waals surface area contributed by atoms with E-state index < -0.39 is 5.95 Å². The molecule has 0 unspecified atom stereocenters. The molecule has 3 nitrogen and oxygen atoms in total. The lowest BCUT2D eigenvalue weighted by molar-refractivity contribution is 0.440. The van der Waals surface area contributed by atoms with Crippen molar-refractivity contribution in [2.75, 3.05) is 0 Å². The predicted octanol–water partition coefficient (Wildman–Crippen LogP) is 2.72. The Kier molecular flexibility index (Phi) is 2.58. The van der Waals surface area contributed by atoms with Gasteiger partial charge in [-0.05, 0) is 25.1 Å². The summed E-state index contributed by atoms with van der Waals surface area (Å²) in [7, 11) is 0. The minimum absolute atomic E-state index is 0.228. The van der Waals surface area contributed by atoms with Crippen LogP contribution in [0.15, 0.2) is 36.5 Å². The minimum atomic E-state index is -0.561. The molecule has 0 aliphatic rings. The molecule has 0 spiro atoms. The van der Waals surface area contributed by atoms with E-state index >= 15 is 0 Å². The summed E-state index contributed by atoms with van der Waals surface area (Å²) < 4.78 is 18.1. The lowest BCUT2D eigenvalue weighted by Gasteiger charge is -2.05. The summed E-state index contributed by atoms with van der Waals surface area (Å²) in [5, 5.41) is 0. The predicted molar refractivity (Wildman–Crippen MR) is 53.2 cm³/mol. The van der Waals surface area contributed by atoms with Gasteiger partial charge in [0.1, 0.15) is 0 Å². The molecule has 76 valence electrons. The molecular formula is C11H9FN2O. The number of ether oxygens (including phenoxy) is 1. The highest BCUT2D eigenvalue weighted by atomic mass is 19.1. The summed E-state index contributed by atoms with van der Waals surface area (Å²) in [5.74, 6) is 0.246. The first-order valence-electron chi connectivity index (χ1n) is 4.48. The van der Waals surface area contributed by atoms with Crippen LogP contribution in [0.3, 0.4) is 0 Å². The average molecular weight is 204 g/mol. The summed E-state index contributed by atoms with van der Waals surface area (Å²) in [5.41, 5.74) is 0.739. The first kappa shape index (κ1) is 9.58. The van der Waals surface area contributed by atoms with Gasteiger partial charge in [0.15, 0.2) is 5.75 Å². The van der Waals surface area contributed by atoms with E-state index in [1.165, 1.54) is 6.07 Å². The summed E-state index contributed by atoms with van der Waals surface area (Å²) in [6.07, 6.45) is 1.67. The summed E-state index contributed by atoms with van der Waals surface area (Å²) in [6, 6.07) is 7.92. The fourth-order valence-electron chi connectivity index (χ4n) is 1.14. The Morgan fingerprint density at radius 1 is 1.20 bits per heavy atom. The van der Waals surface area contributed by atoms with Gasteiger partial charge < -0.3 is 4.74 Å². The van der Waals surface area contributed by atoms with E-state index in [4.69, 9.17) is 4.74 Å². The highest BCUT2D eigenvalue weighted by Crippen LogP contribution is 2.21. The molecule has 0 atom stereocenters. The van der Waals surface area contributed by atoms with Crippen LogP contribution in [0.1, 0.15) is 5.69 Å². The molecule has 15 heavy (non-hydrogen) atoms. The molecule has 0 aliphatic carbocycles. The van der Waals surface area contributed by atoms with Gasteiger partial charge >= 0.3 is 0 Å². The third-order valence-corrected chi connectivity index (χ3v) is 1.86. The topological polar surface area (TPSA) is 35.0 Å². The van der Waals surface area contributed by atoms with Crippen molar-refractivity contribution in [1.82, 2.24) is 9.97 Å². The minimum Gasteiger partial charge on any atom is -0.437 e. The Balaban J connectivity index is 2.26. The number of nitrogens with zero attached hydrogens (tertiary/aromatic N) is 2. The van der Waals surface area contributed by atoms with E-state index in [0.717, 1.165) is 5.69 Å². The quantitative estimate of drug-likeness (QED) is 0.705. The zero-order valence-electron chi connectivity index (χ0n) is 8.14. The Bertz CT molecular complexity index is 474. The van der Waals surface area contributed by atoms with Crippen LogP contribution in [0.5, 0.6) is 11.6 Å². The van der Waals surface area contributed by atoms with Crippen molar-refractivity contribution in [1.29, 1.82) is 0 Å². The molecule has 0 radical (unpaired) electrons. The molecule has 2 aromatic heterocycles. The fourth-order valence-corrected chi connectivity index (χ4v) is 1.14. The molecule has 0 saturated carbocycles. The lowest BCUT2D eigenvalue weighted by atomic mass is 10.3. The molecule has 0 aromatic carbocycles. The largest absolute Gasteiger partial charge is 0.437 e. The maximum atomic E-state index is 12.8. The average Bonchev–Trinajstić information content (AvgIpc) is 2.22. The van der Waals surface area contributed by atoms with E-state index in [-0.39, 0.29) is 5.88 Å². The van der Waals surface area contributed by atoms with Crippen LogP contribution in [0.25, 0.3) is 0 Å². The van der Waals surface area contributed by atoms with Crippen LogP contribution in [-0.4, -0.2) is 9.97 Å². The number of aryl methyl sites for hydroxylation is 1. The second kappa shape index (κ2) is 4.04. The van der Waals surface area contributed by atoms with Gasteiger partial charge in [-0.25, -0.2) is 0 Å². The zero-order valence-corrected chi connectivity index (χ0v) is 8.14. The molecule has 0 saturated heterocycles. The van der Waals surface area contributed by atoms with E-state index in [2.05, 4.69) is 9.97 Å². The number of aromatic nitrogens is 2. The molecule has 2 rings (SSSR count). The summed E-state index contributed by atoms with van der Waals surface area (Å²) in [6.45, 7) is 1.81. The molecule has 0 bridgehead atoms. The van der Waals surface area contributed by atoms with Gasteiger partial charge in [0.25, 0.3) is 0 Å². The third-order valence-electron chi connectivity index (χ3n) is 1.86. The maximum Gasteiger partial charge on any atom is 0.221 e.